The van der Waals surface area contributed by atoms with Gasteiger partial charge in [-0.3, -0.25) is 9.63 Å². The number of oxime groups is 1. The molecule has 9 heteroatoms. The average molecular weight is 341 g/mol. The molecule has 1 fully saturated rings. The number of hydrogen-bond acceptors (Lipinski definition) is 7. The summed E-state index contributed by atoms with van der Waals surface area (Å²) in [4.78, 5) is 30.6. The van der Waals surface area contributed by atoms with E-state index in [0.29, 0.717) is 13.2 Å². The first-order valence-corrected chi connectivity index (χ1v) is 8.49. The number of nitrogens with zero attached hydrogens (tertiary/aromatic N) is 3. The van der Waals surface area contributed by atoms with Gasteiger partial charge in [0, 0.05) is 30.0 Å². The van der Waals surface area contributed by atoms with Crippen LogP contribution in [0.3, 0.4) is 0 Å². The lowest BCUT2D eigenvalue weighted by Gasteiger charge is -2.23. The predicted octanol–water partition coefficient (Wildman–Crippen LogP) is 2.21. The van der Waals surface area contributed by atoms with Crippen LogP contribution >= 0.6 is 21.8 Å². The second kappa shape index (κ2) is 7.95. The van der Waals surface area contributed by atoms with E-state index < -0.39 is 12.0 Å². The van der Waals surface area contributed by atoms with Gasteiger partial charge in [-0.05, 0) is 28.1 Å². The van der Waals surface area contributed by atoms with Crippen LogP contribution in [0.2, 0.25) is 0 Å². The van der Waals surface area contributed by atoms with Crippen LogP contribution in [-0.4, -0.2) is 54.4 Å². The summed E-state index contributed by atoms with van der Waals surface area (Å²) in [5, 5.41) is 3.48. The molecule has 0 aliphatic carbocycles. The van der Waals surface area contributed by atoms with Gasteiger partial charge in [-0.1, -0.05) is 18.2 Å². The van der Waals surface area contributed by atoms with Crippen molar-refractivity contribution < 1.29 is 19.2 Å². The molecule has 0 atom stereocenters. The van der Waals surface area contributed by atoms with E-state index in [1.54, 1.807) is 14.1 Å². The predicted molar refractivity (Wildman–Crippen MR) is 85.2 cm³/mol. The number of ether oxygens (including phenoxy) is 1. The second-order valence-corrected chi connectivity index (χ2v) is 6.58. The monoisotopic (exact) mass is 341 g/mol. The zero-order valence-corrected chi connectivity index (χ0v) is 13.7. The molecule has 1 aliphatic heterocycles. The molecule has 0 aromatic heterocycles. The van der Waals surface area contributed by atoms with E-state index in [1.165, 1.54) is 31.0 Å². The highest BCUT2D eigenvalue weighted by Crippen LogP contribution is 2.32. The first-order valence-electron chi connectivity index (χ1n) is 6.38. The third kappa shape index (κ3) is 4.57. The maximum absolute atomic E-state index is 11.8. The SMILES string of the molecule is CN1CCOC(=NOC(=O)N(C)SSc2ccccc2)C1=O. The van der Waals surface area contributed by atoms with E-state index >= 15 is 0 Å². The molecule has 22 heavy (non-hydrogen) atoms. The molecule has 1 heterocycles. The van der Waals surface area contributed by atoms with Crippen LogP contribution in [0.15, 0.2) is 40.4 Å². The van der Waals surface area contributed by atoms with E-state index in [0.717, 1.165) is 4.90 Å². The highest BCUT2D eigenvalue weighted by molar-refractivity contribution is 8.75. The summed E-state index contributed by atoms with van der Waals surface area (Å²) in [5.41, 5.74) is 0. The molecular weight excluding hydrogens is 326 g/mol. The first kappa shape index (κ1) is 16.5. The number of hydrogen-bond donors (Lipinski definition) is 0. The van der Waals surface area contributed by atoms with Crippen molar-refractivity contribution in [2.75, 3.05) is 27.2 Å². The van der Waals surface area contributed by atoms with E-state index in [-0.39, 0.29) is 5.90 Å². The summed E-state index contributed by atoms with van der Waals surface area (Å²) in [6.45, 7) is 0.808. The fourth-order valence-corrected chi connectivity index (χ4v) is 3.08. The van der Waals surface area contributed by atoms with Gasteiger partial charge in [0.1, 0.15) is 6.61 Å². The highest BCUT2D eigenvalue weighted by atomic mass is 33.1. The maximum atomic E-state index is 11.8. The van der Waals surface area contributed by atoms with Gasteiger partial charge in [-0.15, -0.1) is 0 Å². The molecule has 0 N–H and O–H groups in total. The number of amides is 2. The normalized spacial score (nSPS) is 16.4. The number of rotatable bonds is 4. The Morgan fingerprint density at radius 2 is 2.14 bits per heavy atom. The van der Waals surface area contributed by atoms with Crippen molar-refractivity contribution in [3.05, 3.63) is 30.3 Å². The van der Waals surface area contributed by atoms with Gasteiger partial charge in [0.15, 0.2) is 0 Å². The molecule has 1 aliphatic rings. The lowest BCUT2D eigenvalue weighted by molar-refractivity contribution is -0.127. The summed E-state index contributed by atoms with van der Waals surface area (Å²) >= 11 is 0. The lowest BCUT2D eigenvalue weighted by atomic mass is 10.4. The second-order valence-electron chi connectivity index (χ2n) is 4.30. The van der Waals surface area contributed by atoms with E-state index in [4.69, 9.17) is 9.57 Å². The maximum Gasteiger partial charge on any atom is 0.446 e. The van der Waals surface area contributed by atoms with Gasteiger partial charge < -0.3 is 9.64 Å². The number of benzene rings is 1. The van der Waals surface area contributed by atoms with E-state index in [9.17, 15) is 9.59 Å². The molecule has 0 unspecified atom stereocenters. The van der Waals surface area contributed by atoms with Crippen LogP contribution in [0.4, 0.5) is 4.79 Å². The van der Waals surface area contributed by atoms with E-state index in [2.05, 4.69) is 5.16 Å². The Balaban J connectivity index is 1.82. The molecule has 0 radical (unpaired) electrons. The molecule has 0 spiro atoms. The van der Waals surface area contributed by atoms with Gasteiger partial charge in [-0.25, -0.2) is 9.10 Å². The summed E-state index contributed by atoms with van der Waals surface area (Å²) in [7, 11) is 5.78. The number of carbonyl (C=O) groups excluding carboxylic acids is 2. The van der Waals surface area contributed by atoms with Crippen LogP contribution in [0.1, 0.15) is 0 Å². The standard InChI is InChI=1S/C13H15N3O4S2/c1-15-8-9-19-11(12(15)17)14-20-13(18)16(2)22-21-10-6-4-3-5-7-10/h3-7H,8-9H2,1-2H3. The largest absolute Gasteiger partial charge is 0.470 e. The zero-order valence-electron chi connectivity index (χ0n) is 12.1. The first-order chi connectivity index (χ1) is 10.6. The van der Waals surface area contributed by atoms with Crippen molar-refractivity contribution in [1.29, 1.82) is 0 Å². The van der Waals surface area contributed by atoms with Crippen LogP contribution in [0, 0.1) is 0 Å². The smallest absolute Gasteiger partial charge is 0.446 e. The van der Waals surface area contributed by atoms with Crippen molar-refractivity contribution >= 4 is 39.7 Å². The molecule has 0 bridgehead atoms. The lowest BCUT2D eigenvalue weighted by Crippen LogP contribution is -2.42. The summed E-state index contributed by atoms with van der Waals surface area (Å²) in [6.07, 6.45) is -0.689. The minimum absolute atomic E-state index is 0.212. The van der Waals surface area contributed by atoms with Crippen LogP contribution in [0.25, 0.3) is 0 Å². The number of morpholine rings is 1. The number of carbonyl (C=O) groups is 2. The Hall–Kier alpha value is -1.87. The molecule has 2 rings (SSSR count). The van der Waals surface area contributed by atoms with Gasteiger partial charge in [0.2, 0.25) is 0 Å². The third-order valence-corrected chi connectivity index (χ3v) is 5.03. The van der Waals surface area contributed by atoms with Gasteiger partial charge in [0.05, 0.1) is 6.54 Å². The third-order valence-electron chi connectivity index (χ3n) is 2.65. The summed E-state index contributed by atoms with van der Waals surface area (Å²) in [6, 6.07) is 9.61. The fraction of sp³-hybridized carbons (Fsp3) is 0.308. The zero-order chi connectivity index (χ0) is 15.9. The molecule has 1 aromatic rings. The average Bonchev–Trinajstić information content (AvgIpc) is 2.54. The minimum atomic E-state index is -0.689. The van der Waals surface area contributed by atoms with Gasteiger partial charge in [-0.2, -0.15) is 0 Å². The quantitative estimate of drug-likeness (QED) is 0.362. The Kier molecular flexibility index (Phi) is 5.96. The number of likely N-dealkylation sites (N-methyl/N-ethyl adjacent to an activating group) is 1. The highest BCUT2D eigenvalue weighted by Gasteiger charge is 2.25. The van der Waals surface area contributed by atoms with Crippen LogP contribution in [0.5, 0.6) is 0 Å². The van der Waals surface area contributed by atoms with Crippen molar-refractivity contribution in [1.82, 2.24) is 9.21 Å². The molecule has 7 nitrogen and oxygen atoms in total. The Morgan fingerprint density at radius 3 is 2.86 bits per heavy atom. The Labute approximate surface area is 136 Å². The molecule has 1 aromatic carbocycles. The Morgan fingerprint density at radius 1 is 1.41 bits per heavy atom. The Bertz CT molecular complexity index is 568. The van der Waals surface area contributed by atoms with Crippen LogP contribution < -0.4 is 0 Å². The van der Waals surface area contributed by atoms with Crippen LogP contribution in [-0.2, 0) is 14.4 Å². The summed E-state index contributed by atoms with van der Waals surface area (Å²) < 4.78 is 6.35. The molecule has 1 saturated heterocycles. The van der Waals surface area contributed by atoms with Gasteiger partial charge in [0.25, 0.3) is 0 Å². The summed E-state index contributed by atoms with van der Waals surface area (Å²) in [5.74, 6) is -0.621. The minimum Gasteiger partial charge on any atom is -0.470 e. The molecule has 0 saturated carbocycles. The van der Waals surface area contributed by atoms with E-state index in [1.807, 2.05) is 30.3 Å². The molecule has 118 valence electrons. The molecule has 2 amide bonds. The fourth-order valence-electron chi connectivity index (χ4n) is 1.41. The van der Waals surface area contributed by atoms with Crippen molar-refractivity contribution in [3.63, 3.8) is 0 Å². The van der Waals surface area contributed by atoms with Crippen molar-refractivity contribution in [3.8, 4) is 0 Å². The molecular formula is C13H15N3O4S2. The van der Waals surface area contributed by atoms with Gasteiger partial charge >= 0.3 is 17.9 Å². The van der Waals surface area contributed by atoms with Crippen molar-refractivity contribution in [2.45, 2.75) is 4.90 Å². The topological polar surface area (TPSA) is 71.4 Å². The van der Waals surface area contributed by atoms with Crippen molar-refractivity contribution in [2.24, 2.45) is 5.16 Å².